The van der Waals surface area contributed by atoms with Crippen LogP contribution in [0.4, 0.5) is 4.79 Å². The third kappa shape index (κ3) is 3.74. The first-order chi connectivity index (χ1) is 9.37. The molecule has 2 rings (SSSR count). The average Bonchev–Trinajstić information content (AvgIpc) is 2.37. The van der Waals surface area contributed by atoms with Crippen LogP contribution in [-0.4, -0.2) is 47.0 Å². The van der Waals surface area contributed by atoms with E-state index in [1.165, 1.54) is 11.3 Å². The van der Waals surface area contributed by atoms with Crippen molar-refractivity contribution in [2.75, 3.05) is 19.6 Å². The van der Waals surface area contributed by atoms with Gasteiger partial charge in [0.1, 0.15) is 12.1 Å². The number of allylic oxidation sites excluding steroid dienone is 2. The number of ether oxygens (including phenoxy) is 1. The number of hydrogen-bond acceptors (Lipinski definition) is 3. The molecule has 0 atom stereocenters. The van der Waals surface area contributed by atoms with E-state index < -0.39 is 11.7 Å². The Morgan fingerprint density at radius 2 is 2.00 bits per heavy atom. The zero-order chi connectivity index (χ0) is 14.8. The fourth-order valence-electron chi connectivity index (χ4n) is 2.53. The molecule has 2 amide bonds. The standard InChI is InChI=1S/C15H24N2O3/c1-15(2,3)20-14(19)16-9-10-17(13(18)11-16)12-7-5-4-6-8-12/h7H,4-6,8-11H2,1-3H3. The lowest BCUT2D eigenvalue weighted by Crippen LogP contribution is -2.52. The van der Waals surface area contributed by atoms with Crippen molar-refractivity contribution in [3.8, 4) is 0 Å². The Bertz CT molecular complexity index is 423. The van der Waals surface area contributed by atoms with Gasteiger partial charge < -0.3 is 9.64 Å². The van der Waals surface area contributed by atoms with Crippen LogP contribution in [0.5, 0.6) is 0 Å². The molecular weight excluding hydrogens is 256 g/mol. The van der Waals surface area contributed by atoms with Gasteiger partial charge in [0, 0.05) is 18.8 Å². The number of nitrogens with zero attached hydrogens (tertiary/aromatic N) is 2. The monoisotopic (exact) mass is 280 g/mol. The molecule has 0 aromatic carbocycles. The second-order valence-corrected chi connectivity index (χ2v) is 6.39. The third-order valence-corrected chi connectivity index (χ3v) is 3.49. The van der Waals surface area contributed by atoms with Crippen molar-refractivity contribution in [1.29, 1.82) is 0 Å². The maximum Gasteiger partial charge on any atom is 0.410 e. The van der Waals surface area contributed by atoms with Crippen LogP contribution in [0.2, 0.25) is 0 Å². The van der Waals surface area contributed by atoms with Gasteiger partial charge in [-0.15, -0.1) is 0 Å². The molecule has 0 saturated carbocycles. The molecule has 112 valence electrons. The molecule has 1 heterocycles. The van der Waals surface area contributed by atoms with Crippen LogP contribution in [0.1, 0.15) is 46.5 Å². The number of amides is 2. The van der Waals surface area contributed by atoms with E-state index in [-0.39, 0.29) is 12.5 Å². The number of carbonyl (C=O) groups is 2. The Morgan fingerprint density at radius 3 is 2.55 bits per heavy atom. The third-order valence-electron chi connectivity index (χ3n) is 3.49. The molecule has 0 radical (unpaired) electrons. The molecule has 20 heavy (non-hydrogen) atoms. The fraction of sp³-hybridized carbons (Fsp3) is 0.733. The van der Waals surface area contributed by atoms with Crippen LogP contribution in [0.25, 0.3) is 0 Å². The summed E-state index contributed by atoms with van der Waals surface area (Å²) in [6, 6.07) is 0. The number of rotatable bonds is 1. The number of piperazine rings is 1. The molecular formula is C15H24N2O3. The van der Waals surface area contributed by atoms with Crippen LogP contribution in [-0.2, 0) is 9.53 Å². The van der Waals surface area contributed by atoms with E-state index in [0.29, 0.717) is 13.1 Å². The van der Waals surface area contributed by atoms with Gasteiger partial charge in [-0.05, 0) is 46.5 Å². The summed E-state index contributed by atoms with van der Waals surface area (Å²) in [5, 5.41) is 0. The molecule has 1 aliphatic carbocycles. The number of hydrogen-bond donors (Lipinski definition) is 0. The molecule has 0 aromatic rings. The van der Waals surface area contributed by atoms with Gasteiger partial charge in [-0.1, -0.05) is 6.08 Å². The molecule has 0 unspecified atom stereocenters. The summed E-state index contributed by atoms with van der Waals surface area (Å²) < 4.78 is 5.31. The number of carbonyl (C=O) groups excluding carboxylic acids is 2. The highest BCUT2D eigenvalue weighted by Gasteiger charge is 2.31. The first-order valence-electron chi connectivity index (χ1n) is 7.34. The van der Waals surface area contributed by atoms with Gasteiger partial charge >= 0.3 is 6.09 Å². The zero-order valence-corrected chi connectivity index (χ0v) is 12.6. The van der Waals surface area contributed by atoms with Gasteiger partial charge in [-0.3, -0.25) is 9.69 Å². The molecule has 0 spiro atoms. The molecule has 0 aromatic heterocycles. The summed E-state index contributed by atoms with van der Waals surface area (Å²) in [7, 11) is 0. The zero-order valence-electron chi connectivity index (χ0n) is 12.6. The van der Waals surface area contributed by atoms with Crippen molar-refractivity contribution >= 4 is 12.0 Å². The van der Waals surface area contributed by atoms with Crippen molar-refractivity contribution in [1.82, 2.24) is 9.80 Å². The molecule has 1 aliphatic heterocycles. The molecule has 0 bridgehead atoms. The molecule has 0 N–H and O–H groups in total. The Hall–Kier alpha value is -1.52. The smallest absolute Gasteiger partial charge is 0.410 e. The lowest BCUT2D eigenvalue weighted by Gasteiger charge is -2.37. The molecule has 1 fully saturated rings. The normalized spacial score (nSPS) is 20.8. The SMILES string of the molecule is CC(C)(C)OC(=O)N1CCN(C2=CCCCC2)C(=O)C1. The fourth-order valence-corrected chi connectivity index (χ4v) is 2.53. The van der Waals surface area contributed by atoms with E-state index in [1.54, 1.807) is 0 Å². The maximum atomic E-state index is 12.2. The lowest BCUT2D eigenvalue weighted by molar-refractivity contribution is -0.133. The Labute approximate surface area is 120 Å². The van der Waals surface area contributed by atoms with E-state index in [9.17, 15) is 9.59 Å². The quantitative estimate of drug-likeness (QED) is 0.741. The average molecular weight is 280 g/mol. The molecule has 2 aliphatic rings. The Balaban J connectivity index is 1.93. The largest absolute Gasteiger partial charge is 0.444 e. The summed E-state index contributed by atoms with van der Waals surface area (Å²) in [6.07, 6.45) is 6.13. The predicted molar refractivity (Wildman–Crippen MR) is 76.1 cm³/mol. The molecule has 5 nitrogen and oxygen atoms in total. The van der Waals surface area contributed by atoms with Gasteiger partial charge in [0.2, 0.25) is 5.91 Å². The van der Waals surface area contributed by atoms with Gasteiger partial charge in [0.25, 0.3) is 0 Å². The van der Waals surface area contributed by atoms with Gasteiger partial charge in [-0.25, -0.2) is 4.79 Å². The van der Waals surface area contributed by atoms with Gasteiger partial charge in [0.15, 0.2) is 0 Å². The Kier molecular flexibility index (Phi) is 4.35. The summed E-state index contributed by atoms with van der Waals surface area (Å²) in [4.78, 5) is 27.5. The minimum absolute atomic E-state index is 0.00439. The minimum atomic E-state index is -0.525. The first-order valence-corrected chi connectivity index (χ1v) is 7.34. The second kappa shape index (κ2) is 5.85. The maximum absolute atomic E-state index is 12.2. The van der Waals surface area contributed by atoms with E-state index >= 15 is 0 Å². The van der Waals surface area contributed by atoms with Crippen molar-refractivity contribution in [2.45, 2.75) is 52.1 Å². The first kappa shape index (κ1) is 14.9. The van der Waals surface area contributed by atoms with Crippen LogP contribution < -0.4 is 0 Å². The van der Waals surface area contributed by atoms with Crippen LogP contribution >= 0.6 is 0 Å². The molecule has 1 saturated heterocycles. The van der Waals surface area contributed by atoms with Crippen LogP contribution in [0.3, 0.4) is 0 Å². The van der Waals surface area contributed by atoms with Crippen molar-refractivity contribution in [2.24, 2.45) is 0 Å². The van der Waals surface area contributed by atoms with Crippen molar-refractivity contribution < 1.29 is 14.3 Å². The second-order valence-electron chi connectivity index (χ2n) is 6.39. The predicted octanol–water partition coefficient (Wildman–Crippen LogP) is 2.52. The van der Waals surface area contributed by atoms with Crippen molar-refractivity contribution in [3.05, 3.63) is 11.8 Å². The van der Waals surface area contributed by atoms with E-state index in [2.05, 4.69) is 6.08 Å². The van der Waals surface area contributed by atoms with E-state index in [1.807, 2.05) is 25.7 Å². The highest BCUT2D eigenvalue weighted by Crippen LogP contribution is 2.23. The minimum Gasteiger partial charge on any atom is -0.444 e. The summed E-state index contributed by atoms with van der Waals surface area (Å²) in [5.41, 5.74) is 0.605. The Morgan fingerprint density at radius 1 is 1.25 bits per heavy atom. The van der Waals surface area contributed by atoms with E-state index in [4.69, 9.17) is 4.74 Å². The summed E-state index contributed by atoms with van der Waals surface area (Å²) in [6.45, 7) is 6.72. The van der Waals surface area contributed by atoms with Gasteiger partial charge in [0.05, 0.1) is 0 Å². The topological polar surface area (TPSA) is 49.9 Å². The molecule has 5 heteroatoms. The highest BCUT2D eigenvalue weighted by molar-refractivity contribution is 5.85. The van der Waals surface area contributed by atoms with E-state index in [0.717, 1.165) is 25.0 Å². The summed E-state index contributed by atoms with van der Waals surface area (Å²) in [5.74, 6) is -0.00439. The highest BCUT2D eigenvalue weighted by atomic mass is 16.6. The van der Waals surface area contributed by atoms with Gasteiger partial charge in [-0.2, -0.15) is 0 Å². The van der Waals surface area contributed by atoms with Crippen LogP contribution in [0.15, 0.2) is 11.8 Å². The van der Waals surface area contributed by atoms with Crippen LogP contribution in [0, 0.1) is 0 Å². The lowest BCUT2D eigenvalue weighted by atomic mass is 10.0. The summed E-state index contributed by atoms with van der Waals surface area (Å²) >= 11 is 0. The van der Waals surface area contributed by atoms with Crippen molar-refractivity contribution in [3.63, 3.8) is 0 Å².